The zero-order valence-corrected chi connectivity index (χ0v) is 12.8. The van der Waals surface area contributed by atoms with Gasteiger partial charge in [-0.25, -0.2) is 0 Å². The van der Waals surface area contributed by atoms with Crippen molar-refractivity contribution in [1.29, 1.82) is 0 Å². The molecular formula is C15H13BrClNO. The third-order valence-corrected chi connectivity index (χ3v) is 3.70. The molecule has 2 nitrogen and oxygen atoms in total. The van der Waals surface area contributed by atoms with Crippen molar-refractivity contribution in [1.82, 2.24) is 5.32 Å². The quantitative estimate of drug-likeness (QED) is 0.886. The highest BCUT2D eigenvalue weighted by Crippen LogP contribution is 2.21. The van der Waals surface area contributed by atoms with E-state index in [0.29, 0.717) is 17.1 Å². The van der Waals surface area contributed by atoms with Crippen LogP contribution in [-0.4, -0.2) is 5.91 Å². The number of carbonyl (C=O) groups excluding carboxylic acids is 1. The molecule has 0 spiro atoms. The van der Waals surface area contributed by atoms with Gasteiger partial charge in [0.15, 0.2) is 0 Å². The van der Waals surface area contributed by atoms with Gasteiger partial charge < -0.3 is 5.32 Å². The first-order chi connectivity index (χ1) is 9.08. The largest absolute Gasteiger partial charge is 0.348 e. The second kappa shape index (κ2) is 6.22. The Morgan fingerprint density at radius 1 is 1.26 bits per heavy atom. The van der Waals surface area contributed by atoms with E-state index in [-0.39, 0.29) is 5.91 Å². The topological polar surface area (TPSA) is 29.1 Å². The Balaban J connectivity index is 2.10. The van der Waals surface area contributed by atoms with Crippen LogP contribution in [0.25, 0.3) is 0 Å². The maximum atomic E-state index is 12.1. The molecule has 0 aliphatic rings. The molecule has 0 unspecified atom stereocenters. The molecule has 0 radical (unpaired) electrons. The van der Waals surface area contributed by atoms with Gasteiger partial charge in [-0.2, -0.15) is 0 Å². The Labute approximate surface area is 125 Å². The highest BCUT2D eigenvalue weighted by Gasteiger charge is 2.10. The number of hydrogen-bond acceptors (Lipinski definition) is 1. The van der Waals surface area contributed by atoms with Gasteiger partial charge in [0.1, 0.15) is 0 Å². The van der Waals surface area contributed by atoms with E-state index in [1.807, 2.05) is 31.2 Å². The van der Waals surface area contributed by atoms with E-state index >= 15 is 0 Å². The summed E-state index contributed by atoms with van der Waals surface area (Å²) < 4.78 is 0.831. The van der Waals surface area contributed by atoms with Gasteiger partial charge >= 0.3 is 0 Å². The van der Waals surface area contributed by atoms with Crippen molar-refractivity contribution >= 4 is 33.4 Å². The molecule has 98 valence electrons. The minimum Gasteiger partial charge on any atom is -0.348 e. The van der Waals surface area contributed by atoms with E-state index in [4.69, 9.17) is 11.6 Å². The smallest absolute Gasteiger partial charge is 0.253 e. The normalized spacial score (nSPS) is 10.3. The molecule has 0 fully saturated rings. The van der Waals surface area contributed by atoms with Gasteiger partial charge in [-0.05, 0) is 36.2 Å². The number of aryl methyl sites for hydroxylation is 1. The summed E-state index contributed by atoms with van der Waals surface area (Å²) in [6.45, 7) is 2.52. The number of carbonyl (C=O) groups is 1. The molecule has 2 aromatic carbocycles. The fourth-order valence-corrected chi connectivity index (χ4v) is 2.32. The van der Waals surface area contributed by atoms with E-state index in [0.717, 1.165) is 15.6 Å². The van der Waals surface area contributed by atoms with Crippen LogP contribution < -0.4 is 5.32 Å². The predicted molar refractivity (Wildman–Crippen MR) is 81.5 cm³/mol. The summed E-state index contributed by atoms with van der Waals surface area (Å²) in [7, 11) is 0. The van der Waals surface area contributed by atoms with Gasteiger partial charge in [0.2, 0.25) is 0 Å². The van der Waals surface area contributed by atoms with Crippen LogP contribution in [0, 0.1) is 6.92 Å². The first-order valence-electron chi connectivity index (χ1n) is 5.85. The van der Waals surface area contributed by atoms with Crippen molar-refractivity contribution in [2.45, 2.75) is 13.5 Å². The van der Waals surface area contributed by atoms with Crippen LogP contribution >= 0.6 is 27.5 Å². The first kappa shape index (κ1) is 14.1. The number of halogens is 2. The van der Waals surface area contributed by atoms with Crippen LogP contribution in [-0.2, 0) is 6.54 Å². The van der Waals surface area contributed by atoms with Gasteiger partial charge in [-0.3, -0.25) is 4.79 Å². The lowest BCUT2D eigenvalue weighted by molar-refractivity contribution is 0.0951. The van der Waals surface area contributed by atoms with Crippen LogP contribution in [0.15, 0.2) is 46.9 Å². The van der Waals surface area contributed by atoms with E-state index in [2.05, 4.69) is 21.2 Å². The van der Waals surface area contributed by atoms with Crippen molar-refractivity contribution in [3.8, 4) is 0 Å². The molecule has 0 heterocycles. The number of amides is 1. The molecule has 0 bridgehead atoms. The second-order valence-electron chi connectivity index (χ2n) is 4.23. The number of benzene rings is 2. The zero-order valence-electron chi connectivity index (χ0n) is 10.4. The van der Waals surface area contributed by atoms with Gasteiger partial charge in [-0.1, -0.05) is 51.8 Å². The lowest BCUT2D eigenvalue weighted by atomic mass is 10.1. The third-order valence-electron chi connectivity index (χ3n) is 2.87. The van der Waals surface area contributed by atoms with Crippen molar-refractivity contribution in [2.24, 2.45) is 0 Å². The zero-order chi connectivity index (χ0) is 13.8. The molecule has 19 heavy (non-hydrogen) atoms. The summed E-state index contributed by atoms with van der Waals surface area (Å²) in [5.41, 5.74) is 2.73. The summed E-state index contributed by atoms with van der Waals surface area (Å²) in [4.78, 5) is 12.1. The highest BCUT2D eigenvalue weighted by atomic mass is 79.9. The summed E-state index contributed by atoms with van der Waals surface area (Å²) in [5, 5.41) is 3.33. The third kappa shape index (κ3) is 3.58. The molecular weight excluding hydrogens is 326 g/mol. The standard InChI is InChI=1S/C15H13BrClNO/c1-10-4-2-3-5-11(10)9-18-15(19)13-8-12(16)6-7-14(13)17/h2-8H,9H2,1H3,(H,18,19). The Morgan fingerprint density at radius 3 is 2.74 bits per heavy atom. The molecule has 0 atom stereocenters. The van der Waals surface area contributed by atoms with Crippen molar-refractivity contribution in [2.75, 3.05) is 0 Å². The molecule has 0 saturated carbocycles. The highest BCUT2D eigenvalue weighted by molar-refractivity contribution is 9.10. The average molecular weight is 339 g/mol. The number of rotatable bonds is 3. The van der Waals surface area contributed by atoms with Crippen LogP contribution in [0.3, 0.4) is 0 Å². The average Bonchev–Trinajstić information content (AvgIpc) is 2.40. The SMILES string of the molecule is Cc1ccccc1CNC(=O)c1cc(Br)ccc1Cl. The molecule has 1 amide bonds. The Hall–Kier alpha value is -1.32. The summed E-state index contributed by atoms with van der Waals surface area (Å²) >= 11 is 9.36. The van der Waals surface area contributed by atoms with Gasteiger partial charge in [0, 0.05) is 11.0 Å². The van der Waals surface area contributed by atoms with Crippen LogP contribution in [0.2, 0.25) is 5.02 Å². The van der Waals surface area contributed by atoms with Crippen LogP contribution in [0.1, 0.15) is 21.5 Å². The monoisotopic (exact) mass is 337 g/mol. The summed E-state index contributed by atoms with van der Waals surface area (Å²) in [5.74, 6) is -0.172. The summed E-state index contributed by atoms with van der Waals surface area (Å²) in [6, 6.07) is 13.2. The predicted octanol–water partition coefficient (Wildman–Crippen LogP) is 4.34. The first-order valence-corrected chi connectivity index (χ1v) is 7.03. The van der Waals surface area contributed by atoms with E-state index < -0.39 is 0 Å². The summed E-state index contributed by atoms with van der Waals surface area (Å²) in [6.07, 6.45) is 0. The van der Waals surface area contributed by atoms with Crippen LogP contribution in [0.4, 0.5) is 0 Å². The van der Waals surface area contributed by atoms with E-state index in [1.165, 1.54) is 0 Å². The lowest BCUT2D eigenvalue weighted by Gasteiger charge is -2.09. The Kier molecular flexibility index (Phi) is 4.61. The molecule has 2 aromatic rings. The fraction of sp³-hybridized carbons (Fsp3) is 0.133. The van der Waals surface area contributed by atoms with Gasteiger partial charge in [0.05, 0.1) is 10.6 Å². The van der Waals surface area contributed by atoms with Gasteiger partial charge in [0.25, 0.3) is 5.91 Å². The van der Waals surface area contributed by atoms with Crippen molar-refractivity contribution in [3.05, 3.63) is 68.7 Å². The number of hydrogen-bond donors (Lipinski definition) is 1. The molecule has 0 aliphatic carbocycles. The van der Waals surface area contributed by atoms with Crippen LogP contribution in [0.5, 0.6) is 0 Å². The molecule has 1 N–H and O–H groups in total. The molecule has 2 rings (SSSR count). The maximum Gasteiger partial charge on any atom is 0.253 e. The number of nitrogens with one attached hydrogen (secondary N) is 1. The molecule has 0 aliphatic heterocycles. The van der Waals surface area contributed by atoms with E-state index in [9.17, 15) is 4.79 Å². The fourth-order valence-electron chi connectivity index (χ4n) is 1.75. The van der Waals surface area contributed by atoms with Crippen molar-refractivity contribution in [3.63, 3.8) is 0 Å². The minimum atomic E-state index is -0.172. The molecule has 4 heteroatoms. The molecule has 0 aromatic heterocycles. The lowest BCUT2D eigenvalue weighted by Crippen LogP contribution is -2.23. The Bertz CT molecular complexity index is 613. The van der Waals surface area contributed by atoms with E-state index in [1.54, 1.807) is 18.2 Å². The van der Waals surface area contributed by atoms with Gasteiger partial charge in [-0.15, -0.1) is 0 Å². The second-order valence-corrected chi connectivity index (χ2v) is 5.56. The Morgan fingerprint density at radius 2 is 2.00 bits per heavy atom. The van der Waals surface area contributed by atoms with Crippen molar-refractivity contribution < 1.29 is 4.79 Å². The maximum absolute atomic E-state index is 12.1. The molecule has 0 saturated heterocycles. The minimum absolute atomic E-state index is 0.172.